The maximum Gasteiger partial charge on any atom is 0.257 e. The molecule has 0 saturated heterocycles. The summed E-state index contributed by atoms with van der Waals surface area (Å²) in [4.78, 5) is 16.6. The van der Waals surface area contributed by atoms with Crippen molar-refractivity contribution in [2.45, 2.75) is 13.8 Å². The zero-order chi connectivity index (χ0) is 14.1. The molecule has 0 aliphatic rings. The second-order valence-electron chi connectivity index (χ2n) is 4.89. The van der Waals surface area contributed by atoms with Crippen LogP contribution in [0.25, 0.3) is 5.65 Å². The van der Waals surface area contributed by atoms with Crippen molar-refractivity contribution >= 4 is 17.2 Å². The molecular formula is C16H15N3O. The molecule has 0 saturated carbocycles. The second kappa shape index (κ2) is 4.81. The number of rotatable bonds is 2. The van der Waals surface area contributed by atoms with Gasteiger partial charge >= 0.3 is 0 Å². The van der Waals surface area contributed by atoms with E-state index in [9.17, 15) is 4.79 Å². The van der Waals surface area contributed by atoms with Crippen LogP contribution >= 0.6 is 0 Å². The molecule has 3 rings (SSSR count). The molecule has 3 aromatic rings. The highest BCUT2D eigenvalue weighted by atomic mass is 16.1. The van der Waals surface area contributed by atoms with E-state index in [-0.39, 0.29) is 5.91 Å². The van der Waals surface area contributed by atoms with E-state index in [1.54, 1.807) is 12.3 Å². The molecule has 0 bridgehead atoms. The lowest BCUT2D eigenvalue weighted by molar-refractivity contribution is 0.102. The van der Waals surface area contributed by atoms with E-state index >= 15 is 0 Å². The molecule has 0 fully saturated rings. The number of imidazole rings is 1. The van der Waals surface area contributed by atoms with Gasteiger partial charge in [0, 0.05) is 18.1 Å². The molecule has 20 heavy (non-hydrogen) atoms. The number of nitrogens with zero attached hydrogens (tertiary/aromatic N) is 2. The maximum absolute atomic E-state index is 12.2. The molecule has 0 atom stereocenters. The molecule has 1 amide bonds. The van der Waals surface area contributed by atoms with Gasteiger partial charge in [-0.05, 0) is 43.7 Å². The van der Waals surface area contributed by atoms with E-state index in [4.69, 9.17) is 0 Å². The van der Waals surface area contributed by atoms with E-state index in [2.05, 4.69) is 10.3 Å². The number of pyridine rings is 1. The smallest absolute Gasteiger partial charge is 0.257 e. The molecule has 0 radical (unpaired) electrons. The summed E-state index contributed by atoms with van der Waals surface area (Å²) in [6.45, 7) is 3.93. The minimum atomic E-state index is -0.121. The molecule has 1 aromatic carbocycles. The molecule has 0 unspecified atom stereocenters. The summed E-state index contributed by atoms with van der Waals surface area (Å²) in [6.07, 6.45) is 3.69. The Morgan fingerprint density at radius 3 is 2.80 bits per heavy atom. The van der Waals surface area contributed by atoms with Gasteiger partial charge in [-0.3, -0.25) is 4.79 Å². The summed E-state index contributed by atoms with van der Waals surface area (Å²) in [5.74, 6) is -0.121. The van der Waals surface area contributed by atoms with Crippen molar-refractivity contribution in [3.8, 4) is 0 Å². The first-order valence-electron chi connectivity index (χ1n) is 6.45. The van der Waals surface area contributed by atoms with Crippen molar-refractivity contribution in [3.05, 3.63) is 65.6 Å². The highest BCUT2D eigenvalue weighted by Gasteiger charge is 2.08. The molecule has 2 aromatic heterocycles. The fraction of sp³-hybridized carbons (Fsp3) is 0.125. The highest BCUT2D eigenvalue weighted by molar-refractivity contribution is 6.04. The summed E-state index contributed by atoms with van der Waals surface area (Å²) in [5.41, 5.74) is 4.30. The number of benzene rings is 1. The average molecular weight is 265 g/mol. The Kier molecular flexibility index (Phi) is 2.99. The van der Waals surface area contributed by atoms with Crippen LogP contribution in [0.15, 0.2) is 48.8 Å². The summed E-state index contributed by atoms with van der Waals surface area (Å²) in [7, 11) is 0. The highest BCUT2D eigenvalue weighted by Crippen LogP contribution is 2.13. The second-order valence-corrected chi connectivity index (χ2v) is 4.89. The van der Waals surface area contributed by atoms with Crippen LogP contribution in [0.4, 0.5) is 5.69 Å². The van der Waals surface area contributed by atoms with Crippen molar-refractivity contribution in [2.75, 3.05) is 5.32 Å². The number of amides is 1. The molecule has 4 heteroatoms. The van der Waals surface area contributed by atoms with Crippen LogP contribution in [-0.4, -0.2) is 15.3 Å². The standard InChI is InChI=1S/C16H15N3O/c1-11-4-3-5-14(8-11)18-16(20)13-6-7-15-17-12(2)9-19(15)10-13/h3-10H,1-2H3,(H,18,20). The van der Waals surface area contributed by atoms with Crippen LogP contribution in [-0.2, 0) is 0 Å². The first-order chi connectivity index (χ1) is 9.61. The zero-order valence-electron chi connectivity index (χ0n) is 11.4. The third-order valence-corrected chi connectivity index (χ3v) is 3.11. The SMILES string of the molecule is Cc1cccc(NC(=O)c2ccc3nc(C)cn3c2)c1. The number of hydrogen-bond acceptors (Lipinski definition) is 2. The number of aromatic nitrogens is 2. The molecule has 0 spiro atoms. The Labute approximate surface area is 117 Å². The Morgan fingerprint density at radius 1 is 1.15 bits per heavy atom. The van der Waals surface area contributed by atoms with Crippen molar-refractivity contribution < 1.29 is 4.79 Å². The fourth-order valence-corrected chi connectivity index (χ4v) is 2.18. The van der Waals surface area contributed by atoms with E-state index in [1.807, 2.05) is 54.8 Å². The maximum atomic E-state index is 12.2. The van der Waals surface area contributed by atoms with Crippen molar-refractivity contribution in [1.82, 2.24) is 9.38 Å². The number of nitrogens with one attached hydrogen (secondary N) is 1. The van der Waals surface area contributed by atoms with Crippen LogP contribution < -0.4 is 5.32 Å². The van der Waals surface area contributed by atoms with E-state index in [0.717, 1.165) is 22.6 Å². The molecule has 2 heterocycles. The topological polar surface area (TPSA) is 46.4 Å². The third-order valence-electron chi connectivity index (χ3n) is 3.11. The minimum Gasteiger partial charge on any atom is -0.322 e. The molecule has 4 nitrogen and oxygen atoms in total. The number of hydrogen-bond donors (Lipinski definition) is 1. The van der Waals surface area contributed by atoms with Gasteiger partial charge in [0.25, 0.3) is 5.91 Å². The first-order valence-corrected chi connectivity index (χ1v) is 6.45. The molecule has 1 N–H and O–H groups in total. The number of carbonyl (C=O) groups is 1. The molecule has 100 valence electrons. The lowest BCUT2D eigenvalue weighted by Gasteiger charge is -2.06. The predicted octanol–water partition coefficient (Wildman–Crippen LogP) is 3.20. The lowest BCUT2D eigenvalue weighted by atomic mass is 10.2. The van der Waals surface area contributed by atoms with Crippen LogP contribution in [0.3, 0.4) is 0 Å². The zero-order valence-corrected chi connectivity index (χ0v) is 11.4. The minimum absolute atomic E-state index is 0.121. The Bertz CT molecular complexity index is 789. The molecule has 0 aliphatic heterocycles. The van der Waals surface area contributed by atoms with Gasteiger partial charge < -0.3 is 9.72 Å². The monoisotopic (exact) mass is 265 g/mol. The first kappa shape index (κ1) is 12.4. The summed E-state index contributed by atoms with van der Waals surface area (Å²) >= 11 is 0. The van der Waals surface area contributed by atoms with Gasteiger partial charge in [-0.2, -0.15) is 0 Å². The lowest BCUT2D eigenvalue weighted by Crippen LogP contribution is -2.12. The normalized spacial score (nSPS) is 10.7. The largest absolute Gasteiger partial charge is 0.322 e. The average Bonchev–Trinajstić information content (AvgIpc) is 2.77. The number of aryl methyl sites for hydroxylation is 2. The van der Waals surface area contributed by atoms with Gasteiger partial charge in [-0.25, -0.2) is 4.98 Å². The van der Waals surface area contributed by atoms with Gasteiger partial charge in [0.1, 0.15) is 5.65 Å². The van der Waals surface area contributed by atoms with Crippen LogP contribution in [0.1, 0.15) is 21.6 Å². The number of anilines is 1. The molecular weight excluding hydrogens is 250 g/mol. The van der Waals surface area contributed by atoms with Crippen molar-refractivity contribution in [2.24, 2.45) is 0 Å². The Balaban J connectivity index is 1.88. The summed E-state index contributed by atoms with van der Waals surface area (Å²) in [6, 6.07) is 11.4. The van der Waals surface area contributed by atoms with Crippen molar-refractivity contribution in [3.63, 3.8) is 0 Å². The van der Waals surface area contributed by atoms with Crippen LogP contribution in [0.2, 0.25) is 0 Å². The van der Waals surface area contributed by atoms with Gasteiger partial charge in [0.2, 0.25) is 0 Å². The van der Waals surface area contributed by atoms with E-state index in [0.29, 0.717) is 5.56 Å². The van der Waals surface area contributed by atoms with Gasteiger partial charge in [0.05, 0.1) is 11.3 Å². The number of fused-ring (bicyclic) bond motifs is 1. The van der Waals surface area contributed by atoms with E-state index in [1.165, 1.54) is 0 Å². The quantitative estimate of drug-likeness (QED) is 0.773. The van der Waals surface area contributed by atoms with Gasteiger partial charge in [-0.1, -0.05) is 12.1 Å². The van der Waals surface area contributed by atoms with Crippen molar-refractivity contribution in [1.29, 1.82) is 0 Å². The Hall–Kier alpha value is -2.62. The summed E-state index contributed by atoms with van der Waals surface area (Å²) < 4.78 is 1.86. The van der Waals surface area contributed by atoms with Crippen LogP contribution in [0.5, 0.6) is 0 Å². The fourth-order valence-electron chi connectivity index (χ4n) is 2.18. The summed E-state index contributed by atoms with van der Waals surface area (Å²) in [5, 5.41) is 2.90. The predicted molar refractivity (Wildman–Crippen MR) is 79.1 cm³/mol. The van der Waals surface area contributed by atoms with Gasteiger partial charge in [-0.15, -0.1) is 0 Å². The van der Waals surface area contributed by atoms with E-state index < -0.39 is 0 Å². The Morgan fingerprint density at radius 2 is 2.00 bits per heavy atom. The van der Waals surface area contributed by atoms with Crippen LogP contribution in [0, 0.1) is 13.8 Å². The molecule has 0 aliphatic carbocycles. The number of carbonyl (C=O) groups excluding carboxylic acids is 1. The third kappa shape index (κ3) is 2.40. The van der Waals surface area contributed by atoms with Gasteiger partial charge in [0.15, 0.2) is 0 Å².